The minimum absolute atomic E-state index is 0.296. The molecule has 0 saturated heterocycles. The highest BCUT2D eigenvalue weighted by atomic mass is 31.2. The zero-order valence-electron chi connectivity index (χ0n) is 17.0. The van der Waals surface area contributed by atoms with Gasteiger partial charge in [0.05, 0.1) is 25.7 Å². The lowest BCUT2D eigenvalue weighted by molar-refractivity contribution is -0.170. The highest BCUT2D eigenvalue weighted by Crippen LogP contribution is 2.25. The van der Waals surface area contributed by atoms with E-state index in [1.807, 2.05) is 0 Å². The van der Waals surface area contributed by atoms with Crippen molar-refractivity contribution in [2.45, 2.75) is 38.2 Å². The smallest absolute Gasteiger partial charge is 0.481 e. The van der Waals surface area contributed by atoms with Crippen molar-refractivity contribution >= 4 is 51.0 Å². The Morgan fingerprint density at radius 2 is 0.853 bits per heavy atom. The van der Waals surface area contributed by atoms with E-state index in [0.29, 0.717) is 0 Å². The van der Waals surface area contributed by atoms with Crippen molar-refractivity contribution in [3.8, 4) is 0 Å². The molecule has 0 aliphatic heterocycles. The molecule has 0 unspecified atom stereocenters. The van der Waals surface area contributed by atoms with Gasteiger partial charge in [0.2, 0.25) is 0 Å². The number of carboxylic acid groups (broad SMARTS) is 6. The van der Waals surface area contributed by atoms with Crippen LogP contribution in [-0.4, -0.2) is 114 Å². The average molecular weight is 530 g/mol. The van der Waals surface area contributed by atoms with Crippen LogP contribution in [0.15, 0.2) is 0 Å². The molecule has 0 radical (unpaired) electrons. The Hall–Kier alpha value is -3.17. The maximum atomic E-state index is 10.3. The van der Waals surface area contributed by atoms with Gasteiger partial charge >= 0.3 is 45.0 Å². The van der Waals surface area contributed by atoms with Gasteiger partial charge in [0, 0.05) is 6.92 Å². The number of hydrogen-bond donors (Lipinski definition) is 13. The van der Waals surface area contributed by atoms with Gasteiger partial charge in [0.1, 0.15) is 0 Å². The zero-order chi connectivity index (χ0) is 28.9. The summed E-state index contributed by atoms with van der Waals surface area (Å²) >= 11 is 0. The fourth-order valence-corrected chi connectivity index (χ4v) is 0.928. The third-order valence-electron chi connectivity index (χ3n) is 1.84. The SMILES string of the molecule is CC(=O)O.O=C(O)CC(O)(CC(=O)O)C(=O)O.O=C(O)CCC(=O)O.O=P(O)(O)O.OB(O)O. The number of aliphatic carboxylic acids is 6. The molecule has 13 N–H and O–H groups in total. The van der Waals surface area contributed by atoms with Crippen LogP contribution in [0, 0.1) is 0 Å². The van der Waals surface area contributed by atoms with Gasteiger partial charge in [-0.1, -0.05) is 0 Å². The van der Waals surface area contributed by atoms with Gasteiger partial charge in [0.25, 0.3) is 5.97 Å². The highest BCUT2D eigenvalue weighted by Gasteiger charge is 2.40. The second kappa shape index (κ2) is 21.7. The van der Waals surface area contributed by atoms with E-state index in [9.17, 15) is 24.0 Å². The van der Waals surface area contributed by atoms with E-state index < -0.39 is 69.4 Å². The Morgan fingerprint density at radius 3 is 0.941 bits per heavy atom. The summed E-state index contributed by atoms with van der Waals surface area (Å²) in [5.41, 5.74) is -2.74. The molecular weight excluding hydrogens is 506 g/mol. The average Bonchev–Trinajstić information content (AvgIpc) is 2.49. The number of carbonyl (C=O) groups is 6. The molecule has 0 aliphatic rings. The Labute approximate surface area is 189 Å². The second-order valence-electron chi connectivity index (χ2n) is 5.14. The molecular formula is C12H24BO20P. The van der Waals surface area contributed by atoms with Crippen LogP contribution in [0.2, 0.25) is 0 Å². The molecule has 0 saturated carbocycles. The van der Waals surface area contributed by atoms with E-state index >= 15 is 0 Å². The molecule has 0 atom stereocenters. The summed E-state index contributed by atoms with van der Waals surface area (Å²) in [5, 5.41) is 78.5. The topological polar surface area (TPSA) is 382 Å². The first-order valence-electron chi connectivity index (χ1n) is 7.72. The van der Waals surface area contributed by atoms with Crippen molar-refractivity contribution in [1.82, 2.24) is 0 Å². The van der Waals surface area contributed by atoms with Crippen LogP contribution in [-0.2, 0) is 33.3 Å². The van der Waals surface area contributed by atoms with Gasteiger partial charge in [-0.15, -0.1) is 0 Å². The van der Waals surface area contributed by atoms with Crippen LogP contribution in [0.1, 0.15) is 32.6 Å². The summed E-state index contributed by atoms with van der Waals surface area (Å²) in [4.78, 5) is 80.3. The maximum absolute atomic E-state index is 10.3. The number of phosphoric acid groups is 1. The predicted molar refractivity (Wildman–Crippen MR) is 102 cm³/mol. The first kappa shape index (κ1) is 41.1. The van der Waals surface area contributed by atoms with Crippen LogP contribution < -0.4 is 0 Å². The first-order chi connectivity index (χ1) is 14.9. The van der Waals surface area contributed by atoms with E-state index in [0.717, 1.165) is 6.92 Å². The third-order valence-corrected chi connectivity index (χ3v) is 1.84. The van der Waals surface area contributed by atoms with Crippen LogP contribution in [0.5, 0.6) is 0 Å². The Morgan fingerprint density at radius 1 is 0.676 bits per heavy atom. The summed E-state index contributed by atoms with van der Waals surface area (Å²) in [6, 6.07) is 0. The molecule has 0 bridgehead atoms. The summed E-state index contributed by atoms with van der Waals surface area (Å²) in [7, 11) is -6.81. The Bertz CT molecular complexity index is 653. The molecule has 0 spiro atoms. The standard InChI is InChI=1S/C6H8O7.C4H6O4.C2H4O2.BH3O3.H3O4P/c7-3(8)1-6(13,5(11)12)2-4(9)10;5-3(6)1-2-4(7)8;1-2(3)4;2-1(3)4;1-5(2,3)4/h13H,1-2H2,(H,7,8)(H,9,10)(H,11,12);1-2H2,(H,5,6)(H,7,8);1H3,(H,3,4);2-4H;(H3,1,2,3,4). The molecule has 22 heteroatoms. The van der Waals surface area contributed by atoms with Crippen molar-refractivity contribution in [3.63, 3.8) is 0 Å². The molecule has 0 aromatic rings. The molecule has 200 valence electrons. The fourth-order valence-electron chi connectivity index (χ4n) is 0.928. The number of hydrogen-bond acceptors (Lipinski definition) is 11. The monoisotopic (exact) mass is 530 g/mol. The first-order valence-corrected chi connectivity index (χ1v) is 9.28. The number of rotatable bonds is 8. The molecule has 0 fully saturated rings. The van der Waals surface area contributed by atoms with Gasteiger partial charge < -0.3 is 65.5 Å². The van der Waals surface area contributed by atoms with Crippen molar-refractivity contribution in [1.29, 1.82) is 0 Å². The van der Waals surface area contributed by atoms with Crippen LogP contribution >= 0.6 is 7.82 Å². The largest absolute Gasteiger partial charge is 0.631 e. The van der Waals surface area contributed by atoms with Gasteiger partial charge in [0.15, 0.2) is 5.60 Å². The van der Waals surface area contributed by atoms with Crippen LogP contribution in [0.3, 0.4) is 0 Å². The zero-order valence-corrected chi connectivity index (χ0v) is 17.9. The van der Waals surface area contributed by atoms with E-state index in [-0.39, 0.29) is 12.8 Å². The van der Waals surface area contributed by atoms with E-state index in [1.165, 1.54) is 0 Å². The van der Waals surface area contributed by atoms with Crippen LogP contribution in [0.25, 0.3) is 0 Å². The second-order valence-corrected chi connectivity index (χ2v) is 6.17. The lowest BCUT2D eigenvalue weighted by atomic mass is 9.96. The Balaban J connectivity index is -0.000000114. The third kappa shape index (κ3) is 70.2. The molecule has 0 aromatic heterocycles. The molecule has 34 heavy (non-hydrogen) atoms. The van der Waals surface area contributed by atoms with Gasteiger partial charge in [-0.05, 0) is 0 Å². The van der Waals surface area contributed by atoms with Crippen LogP contribution in [0.4, 0.5) is 0 Å². The molecule has 0 rings (SSSR count). The summed E-state index contributed by atoms with van der Waals surface area (Å²) in [5.74, 6) is -8.01. The van der Waals surface area contributed by atoms with Gasteiger partial charge in [-0.2, -0.15) is 0 Å². The van der Waals surface area contributed by atoms with Crippen molar-refractivity contribution in [2.75, 3.05) is 0 Å². The van der Waals surface area contributed by atoms with Gasteiger partial charge in [-0.25, -0.2) is 9.36 Å². The lowest BCUT2D eigenvalue weighted by Crippen LogP contribution is -2.42. The predicted octanol–water partition coefficient (Wildman–Crippen LogP) is -4.20. The normalized spacial score (nSPS) is 9.41. The fraction of sp³-hybridized carbons (Fsp3) is 0.500. The lowest BCUT2D eigenvalue weighted by Gasteiger charge is -2.18. The van der Waals surface area contributed by atoms with E-state index in [4.69, 9.17) is 74.9 Å². The quantitative estimate of drug-likeness (QED) is 0.104. The van der Waals surface area contributed by atoms with E-state index in [1.54, 1.807) is 0 Å². The summed E-state index contributed by atoms with van der Waals surface area (Å²) in [6.07, 6.45) is -2.88. The summed E-state index contributed by atoms with van der Waals surface area (Å²) in [6.45, 7) is 1.08. The number of carboxylic acids is 6. The summed E-state index contributed by atoms with van der Waals surface area (Å²) < 4.78 is 8.88. The molecule has 0 heterocycles. The van der Waals surface area contributed by atoms with E-state index in [2.05, 4.69) is 0 Å². The molecule has 0 aliphatic carbocycles. The molecule has 0 amide bonds. The maximum Gasteiger partial charge on any atom is 0.631 e. The minimum atomic E-state index is -4.64. The highest BCUT2D eigenvalue weighted by molar-refractivity contribution is 7.45. The van der Waals surface area contributed by atoms with Crippen molar-refractivity contribution in [2.24, 2.45) is 0 Å². The van der Waals surface area contributed by atoms with Gasteiger partial charge in [-0.3, -0.25) is 24.0 Å². The Kier molecular flexibility index (Phi) is 26.2. The number of aliphatic hydroxyl groups is 1. The van der Waals surface area contributed by atoms with Crippen molar-refractivity contribution < 1.29 is 98.8 Å². The van der Waals surface area contributed by atoms with Crippen molar-refractivity contribution in [3.05, 3.63) is 0 Å². The molecule has 0 aromatic carbocycles. The molecule has 20 nitrogen and oxygen atoms in total. The minimum Gasteiger partial charge on any atom is -0.481 e.